The molecule has 0 amide bonds. The first kappa shape index (κ1) is 18.3. The van der Waals surface area contributed by atoms with Crippen molar-refractivity contribution in [2.45, 2.75) is 70.3 Å². The summed E-state index contributed by atoms with van der Waals surface area (Å²) in [4.78, 5) is 7.19. The lowest BCUT2D eigenvalue weighted by Crippen LogP contribution is -2.45. The van der Waals surface area contributed by atoms with E-state index in [2.05, 4.69) is 17.1 Å². The number of halogens is 1. The van der Waals surface area contributed by atoms with Crippen molar-refractivity contribution in [2.75, 3.05) is 26.2 Å². The van der Waals surface area contributed by atoms with Crippen molar-refractivity contribution in [1.29, 1.82) is 0 Å². The fourth-order valence-corrected chi connectivity index (χ4v) is 4.22. The second kappa shape index (κ2) is 7.69. The number of aliphatic imine (C=N–C) groups is 1. The molecule has 2 saturated carbocycles. The largest absolute Gasteiger partial charge is 0.388 e. The van der Waals surface area contributed by atoms with E-state index in [9.17, 15) is 5.11 Å². The lowest BCUT2D eigenvalue weighted by molar-refractivity contribution is -0.0237. The Morgan fingerprint density at radius 2 is 1.82 bits per heavy atom. The third-order valence-electron chi connectivity index (χ3n) is 5.79. The fraction of sp³-hybridized carbons (Fsp3) is 0.941. The van der Waals surface area contributed by atoms with Gasteiger partial charge >= 0.3 is 0 Å². The number of nitrogens with zero attached hydrogens (tertiary/aromatic N) is 2. The zero-order chi connectivity index (χ0) is 14.8. The van der Waals surface area contributed by atoms with Gasteiger partial charge in [-0.3, -0.25) is 4.99 Å². The molecular formula is C17H32IN3O. The highest BCUT2D eigenvalue weighted by molar-refractivity contribution is 14.0. The van der Waals surface area contributed by atoms with Gasteiger partial charge in [0, 0.05) is 19.6 Å². The molecule has 128 valence electrons. The average Bonchev–Trinajstić information content (AvgIpc) is 2.86. The molecule has 4 nitrogen and oxygen atoms in total. The van der Waals surface area contributed by atoms with E-state index in [0.29, 0.717) is 12.0 Å². The van der Waals surface area contributed by atoms with Crippen LogP contribution in [0.2, 0.25) is 0 Å². The first-order valence-electron chi connectivity index (χ1n) is 8.91. The van der Waals surface area contributed by atoms with Gasteiger partial charge < -0.3 is 15.3 Å². The molecule has 3 aliphatic rings. The van der Waals surface area contributed by atoms with Crippen molar-refractivity contribution in [1.82, 2.24) is 10.2 Å². The Bertz CT molecular complexity index is 389. The molecule has 1 heterocycles. The molecule has 0 aromatic heterocycles. The summed E-state index contributed by atoms with van der Waals surface area (Å²) in [5, 5.41) is 13.7. The van der Waals surface area contributed by atoms with E-state index in [0.717, 1.165) is 44.9 Å². The van der Waals surface area contributed by atoms with Crippen LogP contribution in [0, 0.1) is 5.41 Å². The first-order valence-corrected chi connectivity index (χ1v) is 8.91. The molecule has 3 fully saturated rings. The van der Waals surface area contributed by atoms with Crippen molar-refractivity contribution in [3.8, 4) is 0 Å². The summed E-state index contributed by atoms with van der Waals surface area (Å²) < 4.78 is 0. The van der Waals surface area contributed by atoms with Crippen LogP contribution >= 0.6 is 24.0 Å². The smallest absolute Gasteiger partial charge is 0.194 e. The lowest BCUT2D eigenvalue weighted by Gasteiger charge is -2.36. The van der Waals surface area contributed by atoms with Gasteiger partial charge in [-0.25, -0.2) is 0 Å². The zero-order valence-corrected chi connectivity index (χ0v) is 16.3. The van der Waals surface area contributed by atoms with E-state index in [4.69, 9.17) is 4.99 Å². The second-order valence-electron chi connectivity index (χ2n) is 7.48. The number of hydrogen-bond acceptors (Lipinski definition) is 2. The van der Waals surface area contributed by atoms with E-state index in [1.807, 2.05) is 0 Å². The normalized spacial score (nSPS) is 26.5. The van der Waals surface area contributed by atoms with Crippen molar-refractivity contribution in [2.24, 2.45) is 10.4 Å². The van der Waals surface area contributed by atoms with Crippen molar-refractivity contribution >= 4 is 29.9 Å². The van der Waals surface area contributed by atoms with Gasteiger partial charge in [-0.2, -0.15) is 0 Å². The van der Waals surface area contributed by atoms with E-state index >= 15 is 0 Å². The molecule has 22 heavy (non-hydrogen) atoms. The third-order valence-corrected chi connectivity index (χ3v) is 5.79. The van der Waals surface area contributed by atoms with Gasteiger partial charge in [-0.15, -0.1) is 24.0 Å². The maximum atomic E-state index is 10.3. The number of guanidine groups is 1. The fourth-order valence-electron chi connectivity index (χ4n) is 4.22. The quantitative estimate of drug-likeness (QED) is 0.418. The lowest BCUT2D eigenvalue weighted by atomic mass is 9.73. The molecular weight excluding hydrogens is 389 g/mol. The number of hydrogen-bond donors (Lipinski definition) is 2. The zero-order valence-electron chi connectivity index (χ0n) is 13.9. The van der Waals surface area contributed by atoms with Crippen LogP contribution in [0.3, 0.4) is 0 Å². The maximum absolute atomic E-state index is 10.3. The number of rotatable bonds is 3. The summed E-state index contributed by atoms with van der Waals surface area (Å²) in [6, 6.07) is 0. The van der Waals surface area contributed by atoms with Crippen LogP contribution in [-0.2, 0) is 0 Å². The molecule has 1 saturated heterocycles. The van der Waals surface area contributed by atoms with Crippen molar-refractivity contribution in [3.63, 3.8) is 0 Å². The topological polar surface area (TPSA) is 47.9 Å². The van der Waals surface area contributed by atoms with Crippen LogP contribution in [0.1, 0.15) is 64.7 Å². The Morgan fingerprint density at radius 1 is 1.09 bits per heavy atom. The molecule has 0 aromatic carbocycles. The van der Waals surface area contributed by atoms with E-state index in [1.165, 1.54) is 38.5 Å². The summed E-state index contributed by atoms with van der Waals surface area (Å²) in [7, 11) is 0. The predicted molar refractivity (Wildman–Crippen MR) is 102 cm³/mol. The minimum absolute atomic E-state index is 0. The van der Waals surface area contributed by atoms with Crippen LogP contribution in [0.25, 0.3) is 0 Å². The molecule has 3 rings (SSSR count). The monoisotopic (exact) mass is 421 g/mol. The molecule has 0 atom stereocenters. The van der Waals surface area contributed by atoms with Gasteiger partial charge in [0.25, 0.3) is 0 Å². The molecule has 5 heteroatoms. The summed E-state index contributed by atoms with van der Waals surface area (Å²) in [5.74, 6) is 1.03. The SMILES string of the molecule is CCNC(=NCC1(O)CCC1)N1CCC2(CCCCC2)C1.I. The Balaban J connectivity index is 0.00000176. The van der Waals surface area contributed by atoms with Crippen LogP contribution in [0.15, 0.2) is 4.99 Å². The number of aliphatic hydroxyl groups is 1. The van der Waals surface area contributed by atoms with Crippen LogP contribution in [0.5, 0.6) is 0 Å². The van der Waals surface area contributed by atoms with Gasteiger partial charge in [-0.1, -0.05) is 19.3 Å². The molecule has 0 bridgehead atoms. The van der Waals surface area contributed by atoms with Gasteiger partial charge in [-0.05, 0) is 50.9 Å². The van der Waals surface area contributed by atoms with Crippen LogP contribution in [-0.4, -0.2) is 47.7 Å². The molecule has 1 aliphatic heterocycles. The average molecular weight is 421 g/mol. The highest BCUT2D eigenvalue weighted by Gasteiger charge is 2.40. The van der Waals surface area contributed by atoms with Gasteiger partial charge in [0.2, 0.25) is 0 Å². The van der Waals surface area contributed by atoms with E-state index in [1.54, 1.807) is 0 Å². The van der Waals surface area contributed by atoms with Crippen molar-refractivity contribution in [3.05, 3.63) is 0 Å². The Morgan fingerprint density at radius 3 is 2.41 bits per heavy atom. The molecule has 2 aliphatic carbocycles. The van der Waals surface area contributed by atoms with Gasteiger partial charge in [0.1, 0.15) is 0 Å². The minimum atomic E-state index is -0.511. The Kier molecular flexibility index (Phi) is 6.39. The molecule has 2 N–H and O–H groups in total. The van der Waals surface area contributed by atoms with Gasteiger partial charge in [0.05, 0.1) is 12.1 Å². The predicted octanol–water partition coefficient (Wildman–Crippen LogP) is 3.14. The Hall–Kier alpha value is -0.0400. The standard InChI is InChI=1S/C17H31N3O.HI/c1-2-18-15(19-13-17(21)9-6-10-17)20-12-11-16(14-20)7-4-3-5-8-16;/h21H,2-14H2,1H3,(H,18,19);1H. The van der Waals surface area contributed by atoms with Gasteiger partial charge in [0.15, 0.2) is 5.96 Å². The summed E-state index contributed by atoms with van der Waals surface area (Å²) in [5.41, 5.74) is 0.0464. The first-order chi connectivity index (χ1) is 10.1. The molecule has 1 spiro atoms. The third kappa shape index (κ3) is 4.08. The second-order valence-corrected chi connectivity index (χ2v) is 7.48. The van der Waals surface area contributed by atoms with Crippen LogP contribution in [0.4, 0.5) is 0 Å². The highest BCUT2D eigenvalue weighted by Crippen LogP contribution is 2.43. The molecule has 0 unspecified atom stereocenters. The minimum Gasteiger partial charge on any atom is -0.388 e. The Labute approximate surface area is 152 Å². The van der Waals surface area contributed by atoms with Crippen LogP contribution < -0.4 is 5.32 Å². The van der Waals surface area contributed by atoms with E-state index in [-0.39, 0.29) is 24.0 Å². The summed E-state index contributed by atoms with van der Waals surface area (Å²) in [6.07, 6.45) is 11.3. The number of nitrogens with one attached hydrogen (secondary N) is 1. The van der Waals surface area contributed by atoms with E-state index < -0.39 is 5.60 Å². The summed E-state index contributed by atoms with van der Waals surface area (Å²) >= 11 is 0. The van der Waals surface area contributed by atoms with Crippen molar-refractivity contribution < 1.29 is 5.11 Å². The maximum Gasteiger partial charge on any atom is 0.194 e. The molecule has 0 radical (unpaired) electrons. The summed E-state index contributed by atoms with van der Waals surface area (Å²) in [6.45, 7) is 5.89. The molecule has 0 aromatic rings. The number of likely N-dealkylation sites (tertiary alicyclic amines) is 1. The highest BCUT2D eigenvalue weighted by atomic mass is 127.